The van der Waals surface area contributed by atoms with Crippen LogP contribution in [0.5, 0.6) is 0 Å². The van der Waals surface area contributed by atoms with E-state index in [0.29, 0.717) is 28.0 Å². The number of hydrogen-bond acceptors (Lipinski definition) is 5. The number of rotatable bonds is 5. The first-order chi connectivity index (χ1) is 13.8. The minimum Gasteiger partial charge on any atom is -0.361 e. The van der Waals surface area contributed by atoms with Crippen LogP contribution in [-0.4, -0.2) is 32.8 Å². The second-order valence-corrected chi connectivity index (χ2v) is 8.77. The van der Waals surface area contributed by atoms with Crippen LogP contribution < -0.4 is 0 Å². The molecule has 6 nitrogen and oxygen atoms in total. The number of halogens is 2. The van der Waals surface area contributed by atoms with Gasteiger partial charge in [0.2, 0.25) is 0 Å². The highest BCUT2D eigenvalue weighted by molar-refractivity contribution is 7.20. The van der Waals surface area contributed by atoms with Crippen LogP contribution in [-0.2, 0) is 13.1 Å². The van der Waals surface area contributed by atoms with E-state index >= 15 is 0 Å². The van der Waals surface area contributed by atoms with Gasteiger partial charge in [-0.05, 0) is 37.6 Å². The molecular weight excluding hydrogens is 431 g/mol. The summed E-state index contributed by atoms with van der Waals surface area (Å²) >= 11 is 13.7. The number of thiophene rings is 1. The SMILES string of the molecule is Cc1cc(CN(C)C(=O)c2cc3c(C)nn(Cc4ccc(Cl)cc4Cl)c3s2)no1. The summed E-state index contributed by atoms with van der Waals surface area (Å²) in [5.74, 6) is 0.654. The summed E-state index contributed by atoms with van der Waals surface area (Å²) in [6.45, 7) is 4.65. The summed E-state index contributed by atoms with van der Waals surface area (Å²) in [4.78, 5) is 16.1. The molecule has 0 fully saturated rings. The maximum atomic E-state index is 12.9. The summed E-state index contributed by atoms with van der Waals surface area (Å²) in [5, 5.41) is 10.7. The molecule has 3 heterocycles. The number of nitrogens with zero attached hydrogens (tertiary/aromatic N) is 4. The molecule has 0 saturated heterocycles. The first-order valence-corrected chi connectivity index (χ1v) is 10.5. The quantitative estimate of drug-likeness (QED) is 0.413. The van der Waals surface area contributed by atoms with Gasteiger partial charge < -0.3 is 9.42 Å². The number of amides is 1. The van der Waals surface area contributed by atoms with E-state index < -0.39 is 0 Å². The van der Waals surface area contributed by atoms with Crippen LogP contribution in [0.15, 0.2) is 34.9 Å². The zero-order valence-corrected chi connectivity index (χ0v) is 18.4. The molecule has 0 aliphatic heterocycles. The third-order valence-electron chi connectivity index (χ3n) is 4.58. The van der Waals surface area contributed by atoms with Crippen molar-refractivity contribution in [3.05, 3.63) is 68.0 Å². The van der Waals surface area contributed by atoms with Gasteiger partial charge in [0.25, 0.3) is 5.91 Å². The van der Waals surface area contributed by atoms with Gasteiger partial charge in [0.05, 0.1) is 23.7 Å². The molecule has 1 aromatic carbocycles. The lowest BCUT2D eigenvalue weighted by molar-refractivity contribution is 0.0787. The van der Waals surface area contributed by atoms with E-state index in [1.54, 1.807) is 24.1 Å². The van der Waals surface area contributed by atoms with Gasteiger partial charge in [0, 0.05) is 28.5 Å². The molecule has 0 unspecified atom stereocenters. The van der Waals surface area contributed by atoms with E-state index in [4.69, 9.17) is 27.7 Å². The Morgan fingerprint density at radius 3 is 2.72 bits per heavy atom. The largest absolute Gasteiger partial charge is 0.361 e. The number of fused-ring (bicyclic) bond motifs is 1. The standard InChI is InChI=1S/C20H18Cl2N4O2S/c1-11-6-15(24-28-11)10-25(3)19(27)18-8-16-12(2)23-26(20(16)29-18)9-13-4-5-14(21)7-17(13)22/h4-8H,9-10H2,1-3H3. The molecule has 0 spiro atoms. The van der Waals surface area contributed by atoms with Crippen molar-refractivity contribution in [1.29, 1.82) is 0 Å². The topological polar surface area (TPSA) is 64.2 Å². The first kappa shape index (κ1) is 19.9. The van der Waals surface area contributed by atoms with Crippen LogP contribution in [0.2, 0.25) is 10.0 Å². The van der Waals surface area contributed by atoms with Crippen LogP contribution in [0.25, 0.3) is 10.2 Å². The lowest BCUT2D eigenvalue weighted by Crippen LogP contribution is -2.25. The summed E-state index contributed by atoms with van der Waals surface area (Å²) in [5.41, 5.74) is 2.51. The third kappa shape index (κ3) is 4.03. The molecule has 0 aliphatic rings. The van der Waals surface area contributed by atoms with Crippen molar-refractivity contribution in [3.8, 4) is 0 Å². The molecule has 29 heavy (non-hydrogen) atoms. The Morgan fingerprint density at radius 1 is 1.24 bits per heavy atom. The molecule has 0 atom stereocenters. The van der Waals surface area contributed by atoms with E-state index in [0.717, 1.165) is 32.9 Å². The molecule has 150 valence electrons. The van der Waals surface area contributed by atoms with E-state index in [9.17, 15) is 4.79 Å². The number of carbonyl (C=O) groups excluding carboxylic acids is 1. The van der Waals surface area contributed by atoms with Gasteiger partial charge in [-0.3, -0.25) is 9.48 Å². The Balaban J connectivity index is 1.60. The van der Waals surface area contributed by atoms with Crippen LogP contribution in [0.3, 0.4) is 0 Å². The van der Waals surface area contributed by atoms with Gasteiger partial charge in [-0.1, -0.05) is 34.4 Å². The van der Waals surface area contributed by atoms with Gasteiger partial charge in [-0.15, -0.1) is 11.3 Å². The molecule has 0 radical (unpaired) electrons. The smallest absolute Gasteiger partial charge is 0.264 e. The predicted molar refractivity (Wildman–Crippen MR) is 115 cm³/mol. The maximum absolute atomic E-state index is 12.9. The number of carbonyl (C=O) groups is 1. The van der Waals surface area contributed by atoms with E-state index in [2.05, 4.69) is 10.3 Å². The molecule has 0 bridgehead atoms. The minimum absolute atomic E-state index is 0.0673. The monoisotopic (exact) mass is 448 g/mol. The second kappa shape index (κ2) is 7.82. The summed E-state index contributed by atoms with van der Waals surface area (Å²) in [6.07, 6.45) is 0. The number of hydrogen-bond donors (Lipinski definition) is 0. The first-order valence-electron chi connectivity index (χ1n) is 8.90. The van der Waals surface area contributed by atoms with Crippen molar-refractivity contribution in [2.75, 3.05) is 7.05 Å². The Morgan fingerprint density at radius 2 is 2.03 bits per heavy atom. The molecule has 4 rings (SSSR count). The Labute approximate surface area is 181 Å². The third-order valence-corrected chi connectivity index (χ3v) is 6.30. The Kier molecular flexibility index (Phi) is 5.38. The normalized spacial score (nSPS) is 11.3. The van der Waals surface area contributed by atoms with Gasteiger partial charge >= 0.3 is 0 Å². The zero-order chi connectivity index (χ0) is 20.7. The fourth-order valence-corrected chi connectivity index (χ4v) is 4.76. The van der Waals surface area contributed by atoms with Crippen LogP contribution in [0.1, 0.15) is 32.4 Å². The van der Waals surface area contributed by atoms with Gasteiger partial charge in [0.15, 0.2) is 0 Å². The predicted octanol–water partition coefficient (Wildman–Crippen LogP) is 5.33. The number of aryl methyl sites for hydroxylation is 2. The zero-order valence-electron chi connectivity index (χ0n) is 16.1. The van der Waals surface area contributed by atoms with Crippen LogP contribution in [0, 0.1) is 13.8 Å². The van der Waals surface area contributed by atoms with Crippen LogP contribution >= 0.6 is 34.5 Å². The maximum Gasteiger partial charge on any atom is 0.264 e. The number of benzene rings is 1. The van der Waals surface area contributed by atoms with Crippen molar-refractivity contribution >= 4 is 50.7 Å². The lowest BCUT2D eigenvalue weighted by Gasteiger charge is -2.14. The molecule has 9 heteroatoms. The van der Waals surface area contributed by atoms with Crippen molar-refractivity contribution in [2.45, 2.75) is 26.9 Å². The Bertz CT molecular complexity index is 1210. The average molecular weight is 449 g/mol. The van der Waals surface area contributed by atoms with Crippen molar-refractivity contribution in [1.82, 2.24) is 19.8 Å². The number of aromatic nitrogens is 3. The average Bonchev–Trinajstić information content (AvgIpc) is 3.35. The second-order valence-electron chi connectivity index (χ2n) is 6.90. The molecule has 3 aromatic heterocycles. The van der Waals surface area contributed by atoms with Crippen LogP contribution in [0.4, 0.5) is 0 Å². The molecule has 0 saturated carbocycles. The van der Waals surface area contributed by atoms with E-state index in [1.165, 1.54) is 11.3 Å². The highest BCUT2D eigenvalue weighted by Gasteiger charge is 2.20. The van der Waals surface area contributed by atoms with E-state index in [1.807, 2.05) is 36.7 Å². The molecule has 4 aromatic rings. The molecule has 0 N–H and O–H groups in total. The summed E-state index contributed by atoms with van der Waals surface area (Å²) in [6, 6.07) is 9.14. The Hall–Kier alpha value is -2.35. The van der Waals surface area contributed by atoms with E-state index in [-0.39, 0.29) is 5.91 Å². The van der Waals surface area contributed by atoms with Gasteiger partial charge in [-0.25, -0.2) is 0 Å². The van der Waals surface area contributed by atoms with Crippen molar-refractivity contribution in [2.24, 2.45) is 0 Å². The summed E-state index contributed by atoms with van der Waals surface area (Å²) in [7, 11) is 1.75. The molecule has 1 amide bonds. The summed E-state index contributed by atoms with van der Waals surface area (Å²) < 4.78 is 6.95. The molecule has 0 aliphatic carbocycles. The minimum atomic E-state index is -0.0673. The van der Waals surface area contributed by atoms with Gasteiger partial charge in [0.1, 0.15) is 16.3 Å². The van der Waals surface area contributed by atoms with Gasteiger partial charge in [-0.2, -0.15) is 5.10 Å². The highest BCUT2D eigenvalue weighted by atomic mass is 35.5. The fourth-order valence-electron chi connectivity index (χ4n) is 3.13. The fraction of sp³-hybridized carbons (Fsp3) is 0.250. The molecular formula is C20H18Cl2N4O2S. The van der Waals surface area contributed by atoms with Crippen molar-refractivity contribution in [3.63, 3.8) is 0 Å². The lowest BCUT2D eigenvalue weighted by atomic mass is 10.2. The van der Waals surface area contributed by atoms with Crippen molar-refractivity contribution < 1.29 is 9.32 Å². The highest BCUT2D eigenvalue weighted by Crippen LogP contribution is 2.31.